The fourth-order valence-corrected chi connectivity index (χ4v) is 5.15. The first-order valence-electron chi connectivity index (χ1n) is 10.4. The number of hydrogen-bond acceptors (Lipinski definition) is 5. The second-order valence-corrected chi connectivity index (χ2v) is 10.0. The maximum Gasteiger partial charge on any atom is 0.269 e. The van der Waals surface area contributed by atoms with Gasteiger partial charge in [-0.2, -0.15) is 5.10 Å². The van der Waals surface area contributed by atoms with E-state index in [1.54, 1.807) is 31.2 Å². The third-order valence-electron chi connectivity index (χ3n) is 6.26. The van der Waals surface area contributed by atoms with E-state index in [1.807, 2.05) is 0 Å². The van der Waals surface area contributed by atoms with Crippen LogP contribution in [0.15, 0.2) is 24.3 Å². The van der Waals surface area contributed by atoms with Crippen LogP contribution in [0, 0.1) is 5.92 Å². The molecule has 9 nitrogen and oxygen atoms in total. The fourth-order valence-electron chi connectivity index (χ4n) is 4.44. The summed E-state index contributed by atoms with van der Waals surface area (Å²) in [5.41, 5.74) is 5.95. The lowest BCUT2D eigenvalue weighted by Crippen LogP contribution is -2.53. The fraction of sp³-hybridized carbons (Fsp3) is 0.524. The monoisotopic (exact) mass is 499 g/mol. The third kappa shape index (κ3) is 4.39. The number of ether oxygens (including phenoxy) is 1. The van der Waals surface area contributed by atoms with E-state index >= 15 is 0 Å². The van der Waals surface area contributed by atoms with E-state index < -0.39 is 40.4 Å². The maximum atomic E-state index is 14.7. The van der Waals surface area contributed by atoms with E-state index in [1.165, 1.54) is 11.8 Å². The van der Waals surface area contributed by atoms with Crippen LogP contribution in [-0.2, 0) is 20.9 Å². The Labute approximate surface area is 199 Å². The van der Waals surface area contributed by atoms with E-state index in [4.69, 9.17) is 33.7 Å². The number of primary amides is 1. The molecule has 1 saturated heterocycles. The van der Waals surface area contributed by atoms with E-state index in [2.05, 4.69) is 10.4 Å². The number of likely N-dealkylation sites (tertiary alicyclic amines) is 1. The highest BCUT2D eigenvalue weighted by Crippen LogP contribution is 2.54. The van der Waals surface area contributed by atoms with Gasteiger partial charge in [-0.25, -0.2) is 4.39 Å². The molecule has 4 rings (SSSR count). The molecule has 1 aromatic heterocycles. The Bertz CT molecular complexity index is 1110. The lowest BCUT2D eigenvalue weighted by molar-refractivity contribution is -0.142. The summed E-state index contributed by atoms with van der Waals surface area (Å²) in [5, 5.41) is 7.45. The molecule has 0 bridgehead atoms. The zero-order chi connectivity index (χ0) is 24.1. The quantitative estimate of drug-likeness (QED) is 0.557. The molecule has 0 radical (unpaired) electrons. The van der Waals surface area contributed by atoms with Crippen molar-refractivity contribution in [3.05, 3.63) is 30.0 Å². The van der Waals surface area contributed by atoms with Crippen molar-refractivity contribution in [3.8, 4) is 0 Å². The molecule has 178 valence electrons. The van der Waals surface area contributed by atoms with Gasteiger partial charge >= 0.3 is 0 Å². The number of nitrogens with one attached hydrogen (secondary N) is 1. The van der Waals surface area contributed by atoms with Gasteiger partial charge in [-0.15, -0.1) is 23.2 Å². The first kappa shape index (κ1) is 23.7. The molecule has 1 aliphatic carbocycles. The summed E-state index contributed by atoms with van der Waals surface area (Å²) in [6, 6.07) is 5.25. The van der Waals surface area contributed by atoms with Crippen LogP contribution in [0.3, 0.4) is 0 Å². The Balaban J connectivity index is 1.56. The lowest BCUT2D eigenvalue weighted by atomic mass is 10.1. The van der Waals surface area contributed by atoms with Crippen LogP contribution in [0.1, 0.15) is 23.8 Å². The van der Waals surface area contributed by atoms with Gasteiger partial charge in [0.25, 0.3) is 5.91 Å². The van der Waals surface area contributed by atoms with Gasteiger partial charge in [0.15, 0.2) is 5.69 Å². The molecule has 12 heteroatoms. The predicted octanol–water partition coefficient (Wildman–Crippen LogP) is 1.40. The van der Waals surface area contributed by atoms with Crippen molar-refractivity contribution < 1.29 is 23.5 Å². The molecule has 3 N–H and O–H groups in total. The molecule has 0 spiro atoms. The number of carbonyl (C=O) groups is 3. The number of alkyl halides is 3. The molecular formula is C21H24Cl2FN5O4. The van der Waals surface area contributed by atoms with Gasteiger partial charge in [0.05, 0.1) is 12.1 Å². The van der Waals surface area contributed by atoms with E-state index in [0.29, 0.717) is 17.3 Å². The van der Waals surface area contributed by atoms with Crippen LogP contribution in [0.4, 0.5) is 4.39 Å². The number of fused-ring (bicyclic) bond motifs is 1. The minimum Gasteiger partial charge on any atom is -0.376 e. The number of nitrogens with two attached hydrogens (primary N) is 1. The molecular weight excluding hydrogens is 476 g/mol. The molecule has 5 atom stereocenters. The first-order chi connectivity index (χ1) is 15.5. The summed E-state index contributed by atoms with van der Waals surface area (Å²) in [7, 11) is 1.29. The minimum absolute atomic E-state index is 0.0242. The highest BCUT2D eigenvalue weighted by Gasteiger charge is 2.56. The van der Waals surface area contributed by atoms with Crippen molar-refractivity contribution in [3.63, 3.8) is 0 Å². The van der Waals surface area contributed by atoms with Crippen molar-refractivity contribution >= 4 is 51.8 Å². The standard InChI is InChI=1S/C21H24Cl2FN5O4/c1-10(12-7-21(12,22)23)26-20(32)17-18(33-2)13(24)8-28(17)15(30)9-29-14-6-4-3-5-11(14)16(27-29)19(25)31/h3-6,10,12-13,17-18H,7-9H2,1-2H3,(H2,25,31)(H,26,32)/t10-,12-,13+,17+,18-/m1/s1. The Morgan fingerprint density at radius 1 is 1.36 bits per heavy atom. The van der Waals surface area contributed by atoms with Crippen molar-refractivity contribution in [2.24, 2.45) is 11.7 Å². The Kier molecular flexibility index (Phi) is 6.28. The zero-order valence-electron chi connectivity index (χ0n) is 18.0. The van der Waals surface area contributed by atoms with Crippen molar-refractivity contribution in [1.29, 1.82) is 0 Å². The number of nitrogens with zero attached hydrogens (tertiary/aromatic N) is 3. The molecule has 3 amide bonds. The number of amides is 3. The normalized spacial score (nSPS) is 26.9. The summed E-state index contributed by atoms with van der Waals surface area (Å²) in [4.78, 5) is 39.2. The van der Waals surface area contributed by atoms with Crippen LogP contribution >= 0.6 is 23.2 Å². The number of hydrogen-bond donors (Lipinski definition) is 2. The molecule has 0 unspecified atom stereocenters. The first-order valence-corrected chi connectivity index (χ1v) is 11.2. The van der Waals surface area contributed by atoms with E-state index in [-0.39, 0.29) is 30.7 Å². The minimum atomic E-state index is -1.55. The van der Waals surface area contributed by atoms with Crippen molar-refractivity contribution in [2.45, 2.75) is 48.6 Å². The van der Waals surface area contributed by atoms with Crippen molar-refractivity contribution in [2.75, 3.05) is 13.7 Å². The van der Waals surface area contributed by atoms with Gasteiger partial charge in [-0.05, 0) is 19.4 Å². The van der Waals surface area contributed by atoms with Gasteiger partial charge in [0.2, 0.25) is 11.8 Å². The lowest BCUT2D eigenvalue weighted by Gasteiger charge is -2.28. The number of para-hydroxylation sites is 1. The van der Waals surface area contributed by atoms with Gasteiger partial charge < -0.3 is 20.7 Å². The average Bonchev–Trinajstić information content (AvgIpc) is 3.09. The summed E-state index contributed by atoms with van der Waals surface area (Å²) in [6.45, 7) is 1.13. The largest absolute Gasteiger partial charge is 0.376 e. The zero-order valence-corrected chi connectivity index (χ0v) is 19.5. The number of methoxy groups -OCH3 is 1. The highest BCUT2D eigenvalue weighted by atomic mass is 35.5. The SMILES string of the molecule is CO[C@H]1[C@@H](C(=O)N[C@H](C)[C@H]2CC2(Cl)Cl)N(C(=O)Cn2nc(C(N)=O)c3ccccc32)C[C@@H]1F. The Morgan fingerprint density at radius 2 is 2.03 bits per heavy atom. The Hall–Kier alpha value is -2.43. The van der Waals surface area contributed by atoms with Gasteiger partial charge in [0.1, 0.15) is 29.2 Å². The second kappa shape index (κ2) is 8.73. The summed E-state index contributed by atoms with van der Waals surface area (Å²) < 4.78 is 20.4. The Morgan fingerprint density at radius 3 is 2.64 bits per heavy atom. The topological polar surface area (TPSA) is 120 Å². The maximum absolute atomic E-state index is 14.7. The molecule has 1 aliphatic heterocycles. The van der Waals surface area contributed by atoms with Crippen LogP contribution in [0.25, 0.3) is 10.9 Å². The van der Waals surface area contributed by atoms with E-state index in [9.17, 15) is 18.8 Å². The number of rotatable bonds is 7. The van der Waals surface area contributed by atoms with Crippen LogP contribution in [-0.4, -0.2) is 74.7 Å². The number of aromatic nitrogens is 2. The number of benzene rings is 1. The van der Waals surface area contributed by atoms with Crippen molar-refractivity contribution in [1.82, 2.24) is 20.0 Å². The number of halogens is 3. The van der Waals surface area contributed by atoms with Gasteiger partial charge in [-0.1, -0.05) is 18.2 Å². The molecule has 2 aromatic rings. The summed E-state index contributed by atoms with van der Waals surface area (Å²) in [6.07, 6.45) is -2.16. The second-order valence-electron chi connectivity index (χ2n) is 8.46. The average molecular weight is 500 g/mol. The summed E-state index contributed by atoms with van der Waals surface area (Å²) >= 11 is 12.2. The van der Waals surface area contributed by atoms with Gasteiger partial charge in [0, 0.05) is 24.5 Å². The molecule has 1 saturated carbocycles. The smallest absolute Gasteiger partial charge is 0.269 e. The van der Waals surface area contributed by atoms with E-state index in [0.717, 1.165) is 4.90 Å². The molecule has 2 heterocycles. The highest BCUT2D eigenvalue weighted by molar-refractivity contribution is 6.51. The molecule has 2 fully saturated rings. The van der Waals surface area contributed by atoms with Gasteiger partial charge in [-0.3, -0.25) is 19.1 Å². The van der Waals surface area contributed by atoms with Crippen LogP contribution in [0.5, 0.6) is 0 Å². The molecule has 33 heavy (non-hydrogen) atoms. The summed E-state index contributed by atoms with van der Waals surface area (Å²) in [5.74, 6) is -1.98. The van der Waals surface area contributed by atoms with Crippen LogP contribution < -0.4 is 11.1 Å². The number of carbonyl (C=O) groups excluding carboxylic acids is 3. The molecule has 2 aliphatic rings. The predicted molar refractivity (Wildman–Crippen MR) is 120 cm³/mol. The third-order valence-corrected chi connectivity index (χ3v) is 7.13. The van der Waals surface area contributed by atoms with Crippen LogP contribution in [0.2, 0.25) is 0 Å². The molecule has 1 aromatic carbocycles.